The number of piperidine rings is 1. The van der Waals surface area contributed by atoms with Gasteiger partial charge in [-0.05, 0) is 36.8 Å². The Morgan fingerprint density at radius 1 is 1.24 bits per heavy atom. The number of hydrogen-bond acceptors (Lipinski definition) is 4. The zero-order chi connectivity index (χ0) is 20.6. The molecule has 1 aromatic rings. The van der Waals surface area contributed by atoms with Crippen LogP contribution in [-0.4, -0.2) is 71.7 Å². The Labute approximate surface area is 166 Å². The van der Waals surface area contributed by atoms with E-state index in [9.17, 15) is 22.8 Å². The van der Waals surface area contributed by atoms with Gasteiger partial charge in [0.15, 0.2) is 0 Å². The number of ether oxygens (including phenoxy) is 1. The van der Waals surface area contributed by atoms with E-state index in [0.717, 1.165) is 25.1 Å². The number of likely N-dealkylation sites (tertiary alicyclic amines) is 2. The molecular formula is C19H23F3N4O3. The maximum Gasteiger partial charge on any atom is 0.417 e. The van der Waals surface area contributed by atoms with Crippen LogP contribution in [0.4, 0.5) is 18.0 Å². The fourth-order valence-electron chi connectivity index (χ4n) is 4.31. The van der Waals surface area contributed by atoms with E-state index in [0.29, 0.717) is 44.8 Å². The molecule has 0 atom stereocenters. The fourth-order valence-corrected chi connectivity index (χ4v) is 4.31. The largest absolute Gasteiger partial charge is 0.417 e. The van der Waals surface area contributed by atoms with E-state index in [2.05, 4.69) is 10.3 Å². The van der Waals surface area contributed by atoms with E-state index in [1.54, 1.807) is 9.80 Å². The number of aromatic nitrogens is 1. The highest BCUT2D eigenvalue weighted by atomic mass is 19.4. The van der Waals surface area contributed by atoms with Crippen LogP contribution in [0.1, 0.15) is 24.0 Å². The van der Waals surface area contributed by atoms with Gasteiger partial charge >= 0.3 is 12.2 Å². The lowest BCUT2D eigenvalue weighted by Crippen LogP contribution is -2.76. The Morgan fingerprint density at radius 3 is 2.62 bits per heavy atom. The summed E-state index contributed by atoms with van der Waals surface area (Å²) < 4.78 is 43.8. The summed E-state index contributed by atoms with van der Waals surface area (Å²) in [5.41, 5.74) is -0.616. The molecule has 0 radical (unpaired) electrons. The molecule has 3 saturated heterocycles. The van der Waals surface area contributed by atoms with Crippen LogP contribution >= 0.6 is 0 Å². The molecule has 10 heteroatoms. The highest BCUT2D eigenvalue weighted by molar-refractivity contribution is 5.81. The smallest absolute Gasteiger partial charge is 0.369 e. The maximum atomic E-state index is 12.8. The number of rotatable bonds is 2. The van der Waals surface area contributed by atoms with Gasteiger partial charge in [0, 0.05) is 38.6 Å². The molecule has 1 aromatic heterocycles. The second kappa shape index (κ2) is 7.47. The van der Waals surface area contributed by atoms with Gasteiger partial charge in [-0.1, -0.05) is 0 Å². The van der Waals surface area contributed by atoms with Gasteiger partial charge < -0.3 is 19.9 Å². The Kier molecular flexibility index (Phi) is 5.14. The van der Waals surface area contributed by atoms with Crippen LogP contribution in [0.15, 0.2) is 18.5 Å². The van der Waals surface area contributed by atoms with E-state index in [4.69, 9.17) is 4.74 Å². The standard InChI is InChI=1S/C19H23F3N4O3/c20-19(21,22)15-6-14(7-23-8-15)5-13-1-3-25(4-2-13)17(28)26-10-18(11-26)12-29-9-16(27)24-18/h6-8,13H,1-5,9-12H2,(H,24,27). The molecule has 3 aliphatic rings. The van der Waals surface area contributed by atoms with Crippen LogP contribution in [0, 0.1) is 5.92 Å². The first kappa shape index (κ1) is 19.9. The van der Waals surface area contributed by atoms with Crippen molar-refractivity contribution in [2.75, 3.05) is 39.4 Å². The van der Waals surface area contributed by atoms with Crippen molar-refractivity contribution in [2.45, 2.75) is 31.0 Å². The van der Waals surface area contributed by atoms with Crippen LogP contribution in [-0.2, 0) is 22.1 Å². The molecule has 0 aromatic carbocycles. The minimum atomic E-state index is -4.39. The third kappa shape index (κ3) is 4.31. The van der Waals surface area contributed by atoms with Crippen molar-refractivity contribution in [2.24, 2.45) is 5.92 Å². The molecule has 7 nitrogen and oxygen atoms in total. The number of carbonyl (C=O) groups is 2. The second-order valence-electron chi connectivity index (χ2n) is 8.17. The molecule has 3 fully saturated rings. The monoisotopic (exact) mass is 412 g/mol. The molecule has 0 unspecified atom stereocenters. The lowest BCUT2D eigenvalue weighted by molar-refractivity contribution is -0.141. The van der Waals surface area contributed by atoms with Crippen LogP contribution in [0.3, 0.4) is 0 Å². The molecule has 0 saturated carbocycles. The molecular weight excluding hydrogens is 389 g/mol. The molecule has 29 heavy (non-hydrogen) atoms. The van der Waals surface area contributed by atoms with Gasteiger partial charge in [-0.25, -0.2) is 4.79 Å². The maximum absolute atomic E-state index is 12.8. The lowest BCUT2D eigenvalue weighted by Gasteiger charge is -2.52. The number of alkyl halides is 3. The van der Waals surface area contributed by atoms with Crippen molar-refractivity contribution in [3.05, 3.63) is 29.6 Å². The number of nitrogens with zero attached hydrogens (tertiary/aromatic N) is 3. The fraction of sp³-hybridized carbons (Fsp3) is 0.632. The highest BCUT2D eigenvalue weighted by Crippen LogP contribution is 2.31. The SMILES string of the molecule is O=C1COCC2(CN(C(=O)N3CCC(Cc4cncc(C(F)(F)F)c4)CC3)C2)N1. The number of carbonyl (C=O) groups excluding carboxylic acids is 2. The molecule has 0 bridgehead atoms. The van der Waals surface area contributed by atoms with Crippen molar-refractivity contribution < 1.29 is 27.5 Å². The second-order valence-corrected chi connectivity index (χ2v) is 8.17. The molecule has 0 aliphatic carbocycles. The number of hydrogen-bond donors (Lipinski definition) is 1. The molecule has 1 spiro atoms. The molecule has 3 aliphatic heterocycles. The number of amides is 3. The summed E-state index contributed by atoms with van der Waals surface area (Å²) in [7, 11) is 0. The number of morpholine rings is 1. The van der Waals surface area contributed by atoms with Crippen LogP contribution in [0.5, 0.6) is 0 Å². The first-order valence-electron chi connectivity index (χ1n) is 9.68. The van der Waals surface area contributed by atoms with Gasteiger partial charge in [-0.15, -0.1) is 0 Å². The average Bonchev–Trinajstić information content (AvgIpc) is 2.66. The van der Waals surface area contributed by atoms with Crippen molar-refractivity contribution in [1.29, 1.82) is 0 Å². The molecule has 158 valence electrons. The highest BCUT2D eigenvalue weighted by Gasteiger charge is 2.49. The number of nitrogens with one attached hydrogen (secondary N) is 1. The Balaban J connectivity index is 1.26. The molecule has 3 amide bonds. The first-order chi connectivity index (χ1) is 13.7. The Bertz CT molecular complexity index is 787. The summed E-state index contributed by atoms with van der Waals surface area (Å²) in [6, 6.07) is 1.10. The van der Waals surface area contributed by atoms with E-state index in [-0.39, 0.29) is 24.5 Å². The van der Waals surface area contributed by atoms with Gasteiger partial charge in [-0.3, -0.25) is 9.78 Å². The van der Waals surface area contributed by atoms with Gasteiger partial charge in [0.25, 0.3) is 0 Å². The van der Waals surface area contributed by atoms with Crippen molar-refractivity contribution in [1.82, 2.24) is 20.1 Å². The zero-order valence-electron chi connectivity index (χ0n) is 15.9. The summed E-state index contributed by atoms with van der Waals surface area (Å²) >= 11 is 0. The minimum Gasteiger partial charge on any atom is -0.369 e. The van der Waals surface area contributed by atoms with Crippen molar-refractivity contribution >= 4 is 11.9 Å². The van der Waals surface area contributed by atoms with Crippen molar-refractivity contribution in [3.63, 3.8) is 0 Å². The first-order valence-corrected chi connectivity index (χ1v) is 9.68. The number of pyridine rings is 1. The normalized spacial score (nSPS) is 22.4. The third-order valence-electron chi connectivity index (χ3n) is 5.81. The Hall–Kier alpha value is -2.36. The van der Waals surface area contributed by atoms with Gasteiger partial charge in [0.1, 0.15) is 6.61 Å². The van der Waals surface area contributed by atoms with Gasteiger partial charge in [0.05, 0.1) is 17.7 Å². The third-order valence-corrected chi connectivity index (χ3v) is 5.81. The topological polar surface area (TPSA) is 74.8 Å². The summed E-state index contributed by atoms with van der Waals surface area (Å²) in [6.07, 6.45) is -0.0792. The zero-order valence-corrected chi connectivity index (χ0v) is 15.9. The lowest BCUT2D eigenvalue weighted by atomic mass is 9.89. The number of urea groups is 1. The van der Waals surface area contributed by atoms with Crippen molar-refractivity contribution in [3.8, 4) is 0 Å². The van der Waals surface area contributed by atoms with Gasteiger partial charge in [-0.2, -0.15) is 13.2 Å². The average molecular weight is 412 g/mol. The summed E-state index contributed by atoms with van der Waals surface area (Å²) in [4.78, 5) is 31.4. The summed E-state index contributed by atoms with van der Waals surface area (Å²) in [5.74, 6) is 0.0614. The minimum absolute atomic E-state index is 0.0601. The summed E-state index contributed by atoms with van der Waals surface area (Å²) in [5, 5.41) is 2.90. The van der Waals surface area contributed by atoms with E-state index < -0.39 is 17.3 Å². The number of halogens is 3. The Morgan fingerprint density at radius 2 is 1.97 bits per heavy atom. The predicted octanol–water partition coefficient (Wildman–Crippen LogP) is 1.68. The molecule has 4 heterocycles. The summed E-state index contributed by atoms with van der Waals surface area (Å²) in [6.45, 7) is 2.49. The predicted molar refractivity (Wildman–Crippen MR) is 95.9 cm³/mol. The van der Waals surface area contributed by atoms with Crippen LogP contribution < -0.4 is 5.32 Å². The van der Waals surface area contributed by atoms with Crippen LogP contribution in [0.2, 0.25) is 0 Å². The van der Waals surface area contributed by atoms with Crippen LogP contribution in [0.25, 0.3) is 0 Å². The van der Waals surface area contributed by atoms with E-state index >= 15 is 0 Å². The van der Waals surface area contributed by atoms with E-state index in [1.807, 2.05) is 0 Å². The molecule has 1 N–H and O–H groups in total. The van der Waals surface area contributed by atoms with Gasteiger partial charge in [0.2, 0.25) is 5.91 Å². The quantitative estimate of drug-likeness (QED) is 0.802. The molecule has 4 rings (SSSR count). The van der Waals surface area contributed by atoms with E-state index in [1.165, 1.54) is 6.20 Å².